The summed E-state index contributed by atoms with van der Waals surface area (Å²) in [6, 6.07) is 5.36. The van der Waals surface area contributed by atoms with Gasteiger partial charge in [0.25, 0.3) is 20.2 Å². The van der Waals surface area contributed by atoms with E-state index in [0.29, 0.717) is 10.9 Å². The van der Waals surface area contributed by atoms with Gasteiger partial charge in [0.2, 0.25) is 20.6 Å². The average molecular weight is 706 g/mol. The van der Waals surface area contributed by atoms with Crippen molar-refractivity contribution >= 4 is 96.2 Å². The zero-order chi connectivity index (χ0) is 33.6. The summed E-state index contributed by atoms with van der Waals surface area (Å²) in [5.41, 5.74) is 5.11. The highest BCUT2D eigenvalue weighted by atomic mass is 32.2. The minimum absolute atomic E-state index is 0.00615. The van der Waals surface area contributed by atoms with Gasteiger partial charge in [-0.15, -0.1) is 15.3 Å². The van der Waals surface area contributed by atoms with Crippen LogP contribution in [0, 0.1) is 0 Å². The monoisotopic (exact) mass is 705 g/mol. The molecule has 0 aromatic heterocycles. The smallest absolute Gasteiger partial charge is 0.296 e. The van der Waals surface area contributed by atoms with Gasteiger partial charge in [0.15, 0.2) is 5.75 Å². The van der Waals surface area contributed by atoms with Gasteiger partial charge < -0.3 is 10.8 Å². The Morgan fingerprint density at radius 3 is 1.89 bits per heavy atom. The summed E-state index contributed by atoms with van der Waals surface area (Å²) in [5, 5.41) is 27.3. The molecule has 5 rings (SSSR count). The summed E-state index contributed by atoms with van der Waals surface area (Å²) in [6.07, 6.45) is 7.32. The zero-order valence-electron chi connectivity index (χ0n) is 22.8. The van der Waals surface area contributed by atoms with Crippen molar-refractivity contribution in [2.24, 2.45) is 20.5 Å². The Labute approximate surface area is 262 Å². The summed E-state index contributed by atoms with van der Waals surface area (Å²) in [6.45, 7) is 0. The molecule has 0 atom stereocenters. The number of anilines is 1. The van der Waals surface area contributed by atoms with E-state index in [1.54, 1.807) is 6.08 Å². The number of phenolic OH excluding ortho intramolecular Hbond substituents is 1. The van der Waals surface area contributed by atoms with E-state index in [9.17, 15) is 47.9 Å². The predicted molar refractivity (Wildman–Crippen MR) is 167 cm³/mol. The molecule has 3 aromatic carbocycles. The molecule has 0 radical (unpaired) electrons. The van der Waals surface area contributed by atoms with Crippen LogP contribution in [0.4, 0.5) is 22.7 Å². The molecule has 0 saturated heterocycles. The number of hydrogen-bond donors (Lipinski definition) is 4. The first-order valence-electron chi connectivity index (χ1n) is 12.6. The average Bonchev–Trinajstić information content (AvgIpc) is 2.98. The summed E-state index contributed by atoms with van der Waals surface area (Å²) in [4.78, 5) is -1.60. The summed E-state index contributed by atoms with van der Waals surface area (Å²) >= 11 is 0. The van der Waals surface area contributed by atoms with E-state index in [1.807, 2.05) is 0 Å². The van der Waals surface area contributed by atoms with Crippen LogP contribution < -0.4 is 16.2 Å². The van der Waals surface area contributed by atoms with Gasteiger partial charge in [-0.05, 0) is 53.9 Å². The van der Waals surface area contributed by atoms with Gasteiger partial charge in [0.05, 0.1) is 32.5 Å². The Balaban J connectivity index is 1.67. The van der Waals surface area contributed by atoms with Gasteiger partial charge in [0, 0.05) is 28.7 Å². The number of rotatable bonds is 6. The highest BCUT2D eigenvalue weighted by Crippen LogP contribution is 2.43. The van der Waals surface area contributed by atoms with Gasteiger partial charge >= 0.3 is 0 Å². The minimum atomic E-state index is -5.11. The van der Waals surface area contributed by atoms with Crippen LogP contribution in [-0.2, 0) is 40.8 Å². The second kappa shape index (κ2) is 12.2. The Morgan fingerprint density at radius 2 is 1.30 bits per heavy atom. The van der Waals surface area contributed by atoms with Gasteiger partial charge in [-0.3, -0.25) is 9.11 Å². The van der Waals surface area contributed by atoms with Crippen LogP contribution in [0.3, 0.4) is 0 Å². The van der Waals surface area contributed by atoms with Crippen molar-refractivity contribution in [1.29, 1.82) is 0 Å². The summed E-state index contributed by atoms with van der Waals surface area (Å²) < 4.78 is 113. The largest absolute Gasteiger partial charge is 0.505 e. The lowest BCUT2D eigenvalue weighted by Crippen LogP contribution is -2.30. The Hall–Kier alpha value is -4.86. The van der Waals surface area contributed by atoms with E-state index >= 15 is 0 Å². The highest BCUT2D eigenvalue weighted by Gasteiger charge is 2.24. The molecule has 3 aromatic rings. The van der Waals surface area contributed by atoms with E-state index in [-0.39, 0.29) is 49.9 Å². The van der Waals surface area contributed by atoms with E-state index < -0.39 is 67.7 Å². The molecule has 20 heteroatoms. The molecule has 0 amide bonds. The van der Waals surface area contributed by atoms with Crippen LogP contribution >= 0.6 is 0 Å². The van der Waals surface area contributed by atoms with Crippen LogP contribution in [-0.4, -0.2) is 57.6 Å². The number of benzene rings is 3. The van der Waals surface area contributed by atoms with Crippen LogP contribution in [0.15, 0.2) is 84.5 Å². The molecular formula is C26H19N5O11S4. The van der Waals surface area contributed by atoms with Crippen molar-refractivity contribution in [1.82, 2.24) is 0 Å². The lowest BCUT2D eigenvalue weighted by molar-refractivity contribution is 0.472. The lowest BCUT2D eigenvalue weighted by Gasteiger charge is -2.11. The second-order valence-electron chi connectivity index (χ2n) is 9.59. The first-order valence-corrected chi connectivity index (χ1v) is 17.6. The summed E-state index contributed by atoms with van der Waals surface area (Å²) in [5.74, 6) is -0.861. The molecule has 0 spiro atoms. The minimum Gasteiger partial charge on any atom is -0.505 e. The van der Waals surface area contributed by atoms with E-state index in [4.69, 9.17) is 5.73 Å². The lowest BCUT2D eigenvalue weighted by atomic mass is 10.0. The Morgan fingerprint density at radius 1 is 0.717 bits per heavy atom. The molecule has 0 fully saturated rings. The number of fused-ring (bicyclic) bond motifs is 2. The standard InChI is InChI=1S/C26H19N5O11S4/c27-20-12-18-13(9-23(20)45(37,38)39)10-24(46(40,41)42)25(26(18)32)31-30-22-8-7-21(17-6-5-16(44(35)36)11-19(17)22)29-28-14-1-3-15(4-2-14)43(33)34/h1-3,6-12,32H,4-5,27H2,(H,37,38,39)(H,40,41,42). The van der Waals surface area contributed by atoms with E-state index in [1.165, 1.54) is 36.4 Å². The molecule has 0 bridgehead atoms. The second-order valence-corrected chi connectivity index (χ2v) is 14.4. The maximum atomic E-state index is 12.3. The molecule has 238 valence electrons. The van der Waals surface area contributed by atoms with Crippen molar-refractivity contribution in [3.05, 3.63) is 64.7 Å². The third-order valence-corrected chi connectivity index (χ3v) is 9.92. The van der Waals surface area contributed by atoms with Gasteiger partial charge in [-0.2, -0.15) is 38.8 Å². The fourth-order valence-electron chi connectivity index (χ4n) is 4.53. The number of nitrogens with zero attached hydrogens (tertiary/aromatic N) is 4. The molecule has 0 saturated carbocycles. The molecule has 0 heterocycles. The summed E-state index contributed by atoms with van der Waals surface area (Å²) in [7, 11) is -14.9. The SMILES string of the molecule is Nc1cc2c(O)c(N=Nc3ccc(N=NC4=CCC(=S(=O)=O)C=C4)c4c3=CC(=S(=O)=O)CC=4)c(S(=O)(=O)O)cc2cc1S(=O)(=O)O. The highest BCUT2D eigenvalue weighted by molar-refractivity contribution is 7.86. The van der Waals surface area contributed by atoms with Crippen molar-refractivity contribution in [3.63, 3.8) is 0 Å². The quantitative estimate of drug-likeness (QED) is 0.124. The Bertz CT molecular complexity index is 2640. The number of azo groups is 2. The first kappa shape index (κ1) is 32.5. The molecule has 46 heavy (non-hydrogen) atoms. The van der Waals surface area contributed by atoms with Gasteiger partial charge in [0.1, 0.15) is 15.5 Å². The van der Waals surface area contributed by atoms with Crippen molar-refractivity contribution in [3.8, 4) is 5.75 Å². The van der Waals surface area contributed by atoms with Crippen LogP contribution in [0.1, 0.15) is 12.8 Å². The van der Waals surface area contributed by atoms with Crippen LogP contribution in [0.5, 0.6) is 5.75 Å². The number of aromatic hydroxyl groups is 1. The maximum absolute atomic E-state index is 12.3. The number of allylic oxidation sites excluding steroid dienone is 3. The zero-order valence-corrected chi connectivity index (χ0v) is 26.1. The third kappa shape index (κ3) is 6.56. The number of nitrogens with two attached hydrogens (primary N) is 1. The first-order chi connectivity index (χ1) is 21.5. The fourth-order valence-corrected chi connectivity index (χ4v) is 6.66. The van der Waals surface area contributed by atoms with Crippen molar-refractivity contribution in [2.75, 3.05) is 5.73 Å². The van der Waals surface area contributed by atoms with Crippen LogP contribution in [0.25, 0.3) is 22.9 Å². The molecule has 5 N–H and O–H groups in total. The number of phenols is 1. The van der Waals surface area contributed by atoms with Crippen molar-refractivity contribution in [2.45, 2.75) is 22.6 Å². The molecule has 16 nitrogen and oxygen atoms in total. The third-order valence-electron chi connectivity index (χ3n) is 6.70. The molecule has 2 aliphatic rings. The van der Waals surface area contributed by atoms with E-state index in [2.05, 4.69) is 20.5 Å². The van der Waals surface area contributed by atoms with Crippen LogP contribution in [0.2, 0.25) is 0 Å². The normalized spacial score (nSPS) is 15.1. The predicted octanol–water partition coefficient (Wildman–Crippen LogP) is 2.03. The van der Waals surface area contributed by atoms with Gasteiger partial charge in [-0.1, -0.05) is 12.2 Å². The van der Waals surface area contributed by atoms with E-state index in [0.717, 1.165) is 18.2 Å². The molecule has 0 aliphatic heterocycles. The van der Waals surface area contributed by atoms with Crippen molar-refractivity contribution < 1.29 is 47.9 Å². The number of hydrogen-bond acceptors (Lipinski definition) is 14. The Kier molecular flexibility index (Phi) is 8.59. The number of nitrogen functional groups attached to an aromatic ring is 1. The fraction of sp³-hybridized carbons (Fsp3) is 0.0769. The molecule has 2 aliphatic carbocycles. The molecule has 0 unspecified atom stereocenters. The molecular weight excluding hydrogens is 687 g/mol. The topological polar surface area (TPSA) is 273 Å². The maximum Gasteiger partial charge on any atom is 0.296 e. The van der Waals surface area contributed by atoms with Gasteiger partial charge in [-0.25, -0.2) is 0 Å².